The highest BCUT2D eigenvalue weighted by Gasteiger charge is 2.30. The van der Waals surface area contributed by atoms with Gasteiger partial charge in [0.25, 0.3) is 0 Å². The number of phenolic OH excluding ortho intramolecular Hbond substituents is 1. The molecule has 0 heterocycles. The smallest absolute Gasteiger partial charge is 0.408 e. The minimum Gasteiger partial charge on any atom is -0.508 e. The van der Waals surface area contributed by atoms with E-state index in [0.717, 1.165) is 0 Å². The molecule has 0 aliphatic carbocycles. The highest BCUT2D eigenvalue weighted by atomic mass is 16.6. The highest BCUT2D eigenvalue weighted by molar-refractivity contribution is 5.91. The number of carboxylic acid groups (broad SMARTS) is 1. The van der Waals surface area contributed by atoms with E-state index in [1.165, 1.54) is 26.0 Å². The summed E-state index contributed by atoms with van der Waals surface area (Å²) >= 11 is 0. The van der Waals surface area contributed by atoms with Gasteiger partial charge in [-0.15, -0.1) is 0 Å². The second kappa shape index (κ2) is 9.95. The number of amides is 3. The average Bonchev–Trinajstić information content (AvgIpc) is 2.58. The molecule has 0 aliphatic rings. The molecule has 0 saturated carbocycles. The van der Waals surface area contributed by atoms with Crippen molar-refractivity contribution in [1.82, 2.24) is 16.0 Å². The van der Waals surface area contributed by atoms with E-state index in [1.807, 2.05) is 0 Å². The minimum absolute atomic E-state index is 0.0533. The fourth-order valence-corrected chi connectivity index (χ4v) is 2.26. The molecule has 0 saturated heterocycles. The maximum absolute atomic E-state index is 12.6. The van der Waals surface area contributed by atoms with Crippen molar-refractivity contribution in [3.05, 3.63) is 29.8 Å². The van der Waals surface area contributed by atoms with Crippen LogP contribution in [0.4, 0.5) is 4.79 Å². The molecule has 1 rings (SSSR count). The average molecular weight is 423 g/mol. The number of nitrogens with one attached hydrogen (secondary N) is 3. The van der Waals surface area contributed by atoms with Crippen LogP contribution in [0, 0.1) is 0 Å². The Balaban J connectivity index is 2.82. The van der Waals surface area contributed by atoms with Crippen molar-refractivity contribution < 1.29 is 34.1 Å². The SMILES string of the molecule is CC(C)(C)OC(=O)N[C@@H](Cc1ccc(O)cc1)C(=O)NCC(=O)NC(C)(C)C(=O)O. The number of benzene rings is 1. The number of hydrogen-bond acceptors (Lipinski definition) is 6. The molecular formula is C20H29N3O7. The molecular weight excluding hydrogens is 394 g/mol. The Morgan fingerprint density at radius 1 is 1.03 bits per heavy atom. The number of carbonyl (C=O) groups excluding carboxylic acids is 3. The molecule has 166 valence electrons. The van der Waals surface area contributed by atoms with Crippen molar-refractivity contribution in [2.75, 3.05) is 6.54 Å². The summed E-state index contributed by atoms with van der Waals surface area (Å²) in [5, 5.41) is 25.6. The summed E-state index contributed by atoms with van der Waals surface area (Å²) in [6, 6.07) is 5.01. The largest absolute Gasteiger partial charge is 0.508 e. The van der Waals surface area contributed by atoms with Gasteiger partial charge < -0.3 is 30.9 Å². The lowest BCUT2D eigenvalue weighted by Crippen LogP contribution is -2.54. The van der Waals surface area contributed by atoms with E-state index in [9.17, 15) is 24.3 Å². The summed E-state index contributed by atoms with van der Waals surface area (Å²) in [5.41, 5.74) is -1.62. The van der Waals surface area contributed by atoms with E-state index in [-0.39, 0.29) is 12.2 Å². The van der Waals surface area contributed by atoms with Crippen molar-refractivity contribution in [2.45, 2.75) is 58.2 Å². The zero-order valence-corrected chi connectivity index (χ0v) is 17.7. The van der Waals surface area contributed by atoms with Gasteiger partial charge in [-0.05, 0) is 52.3 Å². The third kappa shape index (κ3) is 8.80. The zero-order valence-electron chi connectivity index (χ0n) is 17.7. The summed E-state index contributed by atoms with van der Waals surface area (Å²) < 4.78 is 5.18. The van der Waals surface area contributed by atoms with Crippen LogP contribution in [0.2, 0.25) is 0 Å². The van der Waals surface area contributed by atoms with Crippen LogP contribution in [-0.4, -0.2) is 57.8 Å². The van der Waals surface area contributed by atoms with Gasteiger partial charge in [0, 0.05) is 6.42 Å². The summed E-state index contributed by atoms with van der Waals surface area (Å²) in [6.07, 6.45) is -0.731. The van der Waals surface area contributed by atoms with Gasteiger partial charge in [0.05, 0.1) is 6.54 Å². The lowest BCUT2D eigenvalue weighted by atomic mass is 10.0. The second-order valence-corrected chi connectivity index (χ2v) is 8.27. The number of alkyl carbamates (subject to hydrolysis) is 1. The number of carboxylic acids is 1. The first kappa shape index (κ1) is 24.7. The van der Waals surface area contributed by atoms with E-state index < -0.39 is 47.6 Å². The van der Waals surface area contributed by atoms with Gasteiger partial charge in [0.2, 0.25) is 11.8 Å². The van der Waals surface area contributed by atoms with Gasteiger partial charge in [-0.3, -0.25) is 9.59 Å². The lowest BCUT2D eigenvalue weighted by molar-refractivity contribution is -0.145. The predicted molar refractivity (Wildman–Crippen MR) is 108 cm³/mol. The van der Waals surface area contributed by atoms with Gasteiger partial charge >= 0.3 is 12.1 Å². The van der Waals surface area contributed by atoms with Crippen LogP contribution >= 0.6 is 0 Å². The topological polar surface area (TPSA) is 154 Å². The Labute approximate surface area is 175 Å². The molecule has 0 bridgehead atoms. The first-order valence-electron chi connectivity index (χ1n) is 9.29. The molecule has 0 fully saturated rings. The van der Waals surface area contributed by atoms with Crippen molar-refractivity contribution in [3.8, 4) is 5.75 Å². The van der Waals surface area contributed by atoms with Crippen LogP contribution in [0.5, 0.6) is 5.75 Å². The minimum atomic E-state index is -1.50. The van der Waals surface area contributed by atoms with E-state index in [1.54, 1.807) is 32.9 Å². The predicted octanol–water partition coefficient (Wildman–Crippen LogP) is 0.924. The molecule has 30 heavy (non-hydrogen) atoms. The maximum atomic E-state index is 12.6. The van der Waals surface area contributed by atoms with Crippen LogP contribution in [-0.2, 0) is 25.5 Å². The standard InChI is InChI=1S/C20H29N3O7/c1-19(2,3)30-18(29)22-14(10-12-6-8-13(24)9-7-12)16(26)21-11-15(25)23-20(4,5)17(27)28/h6-9,14,24H,10-11H2,1-5H3,(H,21,26)(H,22,29)(H,23,25)(H,27,28)/t14-/m0/s1. The molecule has 0 aromatic heterocycles. The quantitative estimate of drug-likeness (QED) is 0.416. The van der Waals surface area contributed by atoms with Gasteiger partial charge in [-0.25, -0.2) is 9.59 Å². The third-order valence-electron chi connectivity index (χ3n) is 3.79. The molecule has 1 aromatic carbocycles. The molecule has 5 N–H and O–H groups in total. The van der Waals surface area contributed by atoms with Crippen LogP contribution in [0.1, 0.15) is 40.2 Å². The van der Waals surface area contributed by atoms with Crippen molar-refractivity contribution >= 4 is 23.9 Å². The molecule has 10 nitrogen and oxygen atoms in total. The van der Waals surface area contributed by atoms with Gasteiger partial charge in [-0.2, -0.15) is 0 Å². The first-order valence-corrected chi connectivity index (χ1v) is 9.29. The summed E-state index contributed by atoms with van der Waals surface area (Å²) in [4.78, 5) is 47.8. The van der Waals surface area contributed by atoms with Crippen LogP contribution < -0.4 is 16.0 Å². The number of phenols is 1. The fourth-order valence-electron chi connectivity index (χ4n) is 2.26. The Morgan fingerprint density at radius 3 is 2.10 bits per heavy atom. The second-order valence-electron chi connectivity index (χ2n) is 8.27. The molecule has 3 amide bonds. The monoisotopic (exact) mass is 423 g/mol. The van der Waals surface area contributed by atoms with Crippen LogP contribution in [0.15, 0.2) is 24.3 Å². The number of hydrogen-bond donors (Lipinski definition) is 5. The normalized spacial score (nSPS) is 12.4. The number of aliphatic carboxylic acids is 1. The van der Waals surface area contributed by atoms with Crippen molar-refractivity contribution in [2.24, 2.45) is 0 Å². The van der Waals surface area contributed by atoms with Crippen LogP contribution in [0.3, 0.4) is 0 Å². The Bertz CT molecular complexity index is 783. The molecule has 10 heteroatoms. The molecule has 0 radical (unpaired) electrons. The number of carbonyl (C=O) groups is 4. The molecule has 0 spiro atoms. The van der Waals surface area contributed by atoms with Gasteiger partial charge in [-0.1, -0.05) is 12.1 Å². The van der Waals surface area contributed by atoms with E-state index in [0.29, 0.717) is 5.56 Å². The molecule has 0 unspecified atom stereocenters. The Hall–Kier alpha value is -3.30. The third-order valence-corrected chi connectivity index (χ3v) is 3.79. The Kier molecular flexibility index (Phi) is 8.20. The first-order chi connectivity index (χ1) is 13.7. The summed E-state index contributed by atoms with van der Waals surface area (Å²) in [5.74, 6) is -2.52. The lowest BCUT2D eigenvalue weighted by Gasteiger charge is -2.24. The Morgan fingerprint density at radius 2 is 1.60 bits per heavy atom. The zero-order chi connectivity index (χ0) is 23.1. The van der Waals surface area contributed by atoms with E-state index >= 15 is 0 Å². The van der Waals surface area contributed by atoms with Gasteiger partial charge in [0.15, 0.2) is 0 Å². The number of rotatable bonds is 8. The van der Waals surface area contributed by atoms with E-state index in [4.69, 9.17) is 9.84 Å². The van der Waals surface area contributed by atoms with Crippen molar-refractivity contribution in [1.29, 1.82) is 0 Å². The van der Waals surface area contributed by atoms with Crippen LogP contribution in [0.25, 0.3) is 0 Å². The molecule has 1 aromatic rings. The maximum Gasteiger partial charge on any atom is 0.408 e. The highest BCUT2D eigenvalue weighted by Crippen LogP contribution is 2.12. The summed E-state index contributed by atoms with van der Waals surface area (Å²) in [7, 11) is 0. The number of aromatic hydroxyl groups is 1. The molecule has 1 atom stereocenters. The summed E-state index contributed by atoms with van der Waals surface area (Å²) in [6.45, 7) is 7.18. The fraction of sp³-hybridized carbons (Fsp3) is 0.500. The number of ether oxygens (including phenoxy) is 1. The van der Waals surface area contributed by atoms with Gasteiger partial charge in [0.1, 0.15) is 22.9 Å². The van der Waals surface area contributed by atoms with Crippen molar-refractivity contribution in [3.63, 3.8) is 0 Å². The molecule has 0 aliphatic heterocycles. The van der Waals surface area contributed by atoms with E-state index in [2.05, 4.69) is 16.0 Å².